The van der Waals surface area contributed by atoms with Crippen LogP contribution < -0.4 is 0 Å². The smallest absolute Gasteiger partial charge is 0.200 e. The maximum atomic E-state index is 12.3. The second-order valence-electron chi connectivity index (χ2n) is 4.55. The van der Waals surface area contributed by atoms with Crippen LogP contribution in [-0.2, 0) is 10.0 Å². The van der Waals surface area contributed by atoms with Crippen molar-refractivity contribution in [3.05, 3.63) is 64.1 Å². The number of sulfonamides is 1. The van der Waals surface area contributed by atoms with Crippen molar-refractivity contribution in [1.82, 2.24) is 4.41 Å². The fourth-order valence-corrected chi connectivity index (χ4v) is 3.03. The summed E-state index contributed by atoms with van der Waals surface area (Å²) in [6, 6.07) is 14.1. The highest BCUT2D eigenvalue weighted by atomic mass is 79.9. The summed E-state index contributed by atoms with van der Waals surface area (Å²) in [5.41, 5.74) is 1.82. The average Bonchev–Trinajstić information content (AvgIpc) is 2.45. The van der Waals surface area contributed by atoms with Gasteiger partial charge in [0.25, 0.3) is 10.0 Å². The van der Waals surface area contributed by atoms with E-state index in [1.165, 1.54) is 13.3 Å². The molecule has 21 heavy (non-hydrogen) atoms. The Morgan fingerprint density at radius 3 is 2.43 bits per heavy atom. The van der Waals surface area contributed by atoms with Crippen LogP contribution in [0.25, 0.3) is 0 Å². The molecule has 4 nitrogen and oxygen atoms in total. The van der Waals surface area contributed by atoms with Gasteiger partial charge >= 0.3 is 0 Å². The second-order valence-corrected chi connectivity index (χ2v) is 7.42. The number of aryl methyl sites for hydroxylation is 1. The molecule has 2 rings (SSSR count). The number of hydrogen-bond acceptors (Lipinski definition) is 3. The third-order valence-corrected chi connectivity index (χ3v) is 5.04. The summed E-state index contributed by atoms with van der Waals surface area (Å²) in [5.74, 6) is 0. The molecule has 2 aromatic carbocycles. The van der Waals surface area contributed by atoms with Gasteiger partial charge in [0, 0.05) is 11.5 Å². The number of hydrazone groups is 1. The van der Waals surface area contributed by atoms with Gasteiger partial charge in [-0.05, 0) is 36.8 Å². The number of nitrogens with zero attached hydrogens (tertiary/aromatic N) is 2. The fraction of sp³-hybridized carbons (Fsp3) is 0.133. The van der Waals surface area contributed by atoms with Gasteiger partial charge in [-0.3, -0.25) is 0 Å². The lowest BCUT2D eigenvalue weighted by molar-refractivity contribution is 0.491. The summed E-state index contributed by atoms with van der Waals surface area (Å²) in [4.78, 5) is 0.224. The van der Waals surface area contributed by atoms with Gasteiger partial charge in [0.05, 0.1) is 11.1 Å². The summed E-state index contributed by atoms with van der Waals surface area (Å²) in [5, 5.41) is 4.01. The van der Waals surface area contributed by atoms with Gasteiger partial charge in [0.2, 0.25) is 0 Å². The zero-order valence-corrected chi connectivity index (χ0v) is 14.1. The predicted octanol–water partition coefficient (Wildman–Crippen LogP) is 3.41. The normalized spacial score (nSPS) is 11.8. The van der Waals surface area contributed by atoms with Gasteiger partial charge in [-0.15, -0.1) is 0 Å². The first kappa shape index (κ1) is 15.7. The minimum atomic E-state index is -3.61. The highest BCUT2D eigenvalue weighted by molar-refractivity contribution is 9.10. The Hall–Kier alpha value is -1.66. The van der Waals surface area contributed by atoms with E-state index in [0.717, 1.165) is 20.0 Å². The minimum absolute atomic E-state index is 0.224. The second kappa shape index (κ2) is 6.41. The first-order valence-electron chi connectivity index (χ1n) is 6.25. The molecule has 0 N–H and O–H groups in total. The van der Waals surface area contributed by atoms with Crippen LogP contribution in [0.2, 0.25) is 0 Å². The van der Waals surface area contributed by atoms with Crippen LogP contribution in [0.1, 0.15) is 11.1 Å². The number of halogens is 1. The molecule has 0 spiro atoms. The van der Waals surface area contributed by atoms with Crippen molar-refractivity contribution >= 4 is 32.2 Å². The number of hydrogen-bond donors (Lipinski definition) is 0. The van der Waals surface area contributed by atoms with E-state index < -0.39 is 10.0 Å². The molecule has 0 aliphatic heterocycles. The largest absolute Gasteiger partial charge is 0.278 e. The fourth-order valence-electron chi connectivity index (χ4n) is 1.66. The van der Waals surface area contributed by atoms with E-state index in [1.807, 2.05) is 31.2 Å². The topological polar surface area (TPSA) is 49.7 Å². The van der Waals surface area contributed by atoms with Crippen molar-refractivity contribution < 1.29 is 8.42 Å². The van der Waals surface area contributed by atoms with E-state index in [-0.39, 0.29) is 4.90 Å². The monoisotopic (exact) mass is 366 g/mol. The molecular weight excluding hydrogens is 352 g/mol. The summed E-state index contributed by atoms with van der Waals surface area (Å²) in [6.45, 7) is 1.91. The minimum Gasteiger partial charge on any atom is -0.200 e. The van der Waals surface area contributed by atoms with Crippen LogP contribution in [0.5, 0.6) is 0 Å². The van der Waals surface area contributed by atoms with Crippen molar-refractivity contribution in [3.8, 4) is 0 Å². The molecule has 0 aliphatic rings. The molecule has 0 saturated carbocycles. The van der Waals surface area contributed by atoms with Crippen LogP contribution in [0.15, 0.2) is 63.0 Å². The highest BCUT2D eigenvalue weighted by Gasteiger charge is 2.18. The van der Waals surface area contributed by atoms with Crippen LogP contribution in [0, 0.1) is 6.92 Å². The molecule has 0 aliphatic carbocycles. The molecule has 0 aromatic heterocycles. The van der Waals surface area contributed by atoms with E-state index in [0.29, 0.717) is 0 Å². The van der Waals surface area contributed by atoms with Crippen molar-refractivity contribution in [2.45, 2.75) is 11.8 Å². The summed E-state index contributed by atoms with van der Waals surface area (Å²) in [6.07, 6.45) is 1.51. The maximum Gasteiger partial charge on any atom is 0.278 e. The zero-order chi connectivity index (χ0) is 15.5. The van der Waals surface area contributed by atoms with Crippen LogP contribution in [0.4, 0.5) is 0 Å². The van der Waals surface area contributed by atoms with Crippen LogP contribution in [0.3, 0.4) is 0 Å². The lowest BCUT2D eigenvalue weighted by Crippen LogP contribution is -2.21. The molecule has 2 aromatic rings. The molecule has 0 bridgehead atoms. The SMILES string of the molecule is Cc1ccc(S(=O)(=O)N(C)/N=C\c2cccc(Br)c2)cc1. The first-order valence-corrected chi connectivity index (χ1v) is 8.48. The Morgan fingerprint density at radius 1 is 1.14 bits per heavy atom. The molecule has 0 saturated heterocycles. The van der Waals surface area contributed by atoms with Gasteiger partial charge in [-0.1, -0.05) is 45.8 Å². The standard InChI is InChI=1S/C15H15BrN2O2S/c1-12-6-8-15(9-7-12)21(19,20)18(2)17-11-13-4-3-5-14(16)10-13/h3-11H,1-2H3/b17-11-. The number of benzene rings is 2. The summed E-state index contributed by atoms with van der Waals surface area (Å²) in [7, 11) is -2.19. The lowest BCUT2D eigenvalue weighted by Gasteiger charge is -2.13. The maximum absolute atomic E-state index is 12.3. The van der Waals surface area contributed by atoms with Gasteiger partial charge in [-0.2, -0.15) is 17.9 Å². The number of rotatable bonds is 4. The average molecular weight is 367 g/mol. The molecule has 0 heterocycles. The van der Waals surface area contributed by atoms with Gasteiger partial charge in [0.15, 0.2) is 0 Å². The summed E-state index contributed by atoms with van der Waals surface area (Å²) >= 11 is 3.36. The Bertz CT molecular complexity index is 755. The van der Waals surface area contributed by atoms with Gasteiger partial charge < -0.3 is 0 Å². The third kappa shape index (κ3) is 3.92. The zero-order valence-electron chi connectivity index (χ0n) is 11.7. The first-order chi connectivity index (χ1) is 9.89. The molecule has 0 radical (unpaired) electrons. The van der Waals surface area contributed by atoms with E-state index >= 15 is 0 Å². The highest BCUT2D eigenvalue weighted by Crippen LogP contribution is 2.15. The third-order valence-electron chi connectivity index (χ3n) is 2.88. The molecule has 0 atom stereocenters. The van der Waals surface area contributed by atoms with Crippen molar-refractivity contribution in [2.75, 3.05) is 7.05 Å². The Morgan fingerprint density at radius 2 is 1.81 bits per heavy atom. The molecule has 110 valence electrons. The van der Waals surface area contributed by atoms with Crippen LogP contribution in [-0.4, -0.2) is 26.1 Å². The van der Waals surface area contributed by atoms with Crippen molar-refractivity contribution in [2.24, 2.45) is 5.10 Å². The molecule has 0 fully saturated rings. The summed E-state index contributed by atoms with van der Waals surface area (Å²) < 4.78 is 26.6. The van der Waals surface area contributed by atoms with Crippen LogP contribution >= 0.6 is 15.9 Å². The molecule has 0 unspecified atom stereocenters. The molecular formula is C15H15BrN2O2S. The van der Waals surface area contributed by atoms with Crippen molar-refractivity contribution in [1.29, 1.82) is 0 Å². The Kier molecular flexibility index (Phi) is 4.80. The molecule has 6 heteroatoms. The van der Waals surface area contributed by atoms with Crippen molar-refractivity contribution in [3.63, 3.8) is 0 Å². The van der Waals surface area contributed by atoms with Gasteiger partial charge in [-0.25, -0.2) is 0 Å². The molecule has 0 amide bonds. The van der Waals surface area contributed by atoms with E-state index in [4.69, 9.17) is 0 Å². The lowest BCUT2D eigenvalue weighted by atomic mass is 10.2. The predicted molar refractivity (Wildman–Crippen MR) is 87.9 cm³/mol. The Labute approximate surface area is 133 Å². The quantitative estimate of drug-likeness (QED) is 0.614. The van der Waals surface area contributed by atoms with Gasteiger partial charge in [0.1, 0.15) is 0 Å². The van der Waals surface area contributed by atoms with E-state index in [2.05, 4.69) is 21.0 Å². The Balaban J connectivity index is 2.22. The van der Waals surface area contributed by atoms with E-state index in [1.54, 1.807) is 24.3 Å². The van der Waals surface area contributed by atoms with E-state index in [9.17, 15) is 8.42 Å².